The number of cyclic esters (lactones) is 1. The first-order chi connectivity index (χ1) is 25.3. The minimum Gasteiger partial charge on any atom is -0.479 e. The zero-order valence-electron chi connectivity index (χ0n) is 29.7. The number of alkyl halides is 3. The molecule has 53 heavy (non-hydrogen) atoms. The van der Waals surface area contributed by atoms with E-state index in [-0.39, 0.29) is 12.1 Å². The first kappa shape index (κ1) is 39.7. The summed E-state index contributed by atoms with van der Waals surface area (Å²) in [6.07, 6.45) is 2.80. The van der Waals surface area contributed by atoms with Crippen LogP contribution in [0.5, 0.6) is 5.88 Å². The molecule has 1 aromatic carbocycles. The number of para-hydroxylation sites is 1. The van der Waals surface area contributed by atoms with E-state index in [2.05, 4.69) is 73.8 Å². The van der Waals surface area contributed by atoms with Gasteiger partial charge >= 0.3 is 18.2 Å². The molecule has 13 nitrogen and oxygen atoms in total. The molecular weight excluding hydrogens is 780 g/mol. The summed E-state index contributed by atoms with van der Waals surface area (Å²) in [7, 11) is 1.19. The number of piperidine rings is 1. The Kier molecular flexibility index (Phi) is 13.1. The van der Waals surface area contributed by atoms with Gasteiger partial charge in [-0.3, -0.25) is 4.98 Å². The van der Waals surface area contributed by atoms with E-state index in [4.69, 9.17) is 29.3 Å². The number of halogens is 4. The second kappa shape index (κ2) is 17.5. The summed E-state index contributed by atoms with van der Waals surface area (Å²) in [5.74, 6) is -0.338. The lowest BCUT2D eigenvalue weighted by Crippen LogP contribution is -2.47. The fourth-order valence-corrected chi connectivity index (χ4v) is 7.77. The van der Waals surface area contributed by atoms with Gasteiger partial charge in [0.25, 0.3) is 0 Å². The summed E-state index contributed by atoms with van der Waals surface area (Å²) in [5, 5.41) is 16.4. The number of carboxylic acids is 1. The second-order valence-electron chi connectivity index (χ2n) is 12.5. The highest BCUT2D eigenvalue weighted by Crippen LogP contribution is 2.36. The highest BCUT2D eigenvalue weighted by molar-refractivity contribution is 9.10. The molecule has 0 radical (unpaired) electrons. The van der Waals surface area contributed by atoms with Crippen molar-refractivity contribution in [1.29, 1.82) is 0 Å². The summed E-state index contributed by atoms with van der Waals surface area (Å²) in [6.45, 7) is 9.50. The van der Waals surface area contributed by atoms with Crippen LogP contribution < -0.4 is 25.6 Å². The van der Waals surface area contributed by atoms with Crippen molar-refractivity contribution < 1.29 is 37.3 Å². The van der Waals surface area contributed by atoms with Crippen LogP contribution in [-0.2, 0) is 16.0 Å². The van der Waals surface area contributed by atoms with Crippen LogP contribution in [0.25, 0.3) is 10.9 Å². The van der Waals surface area contributed by atoms with Crippen LogP contribution in [0, 0.1) is 0 Å². The number of fused-ring (bicyclic) bond motifs is 1. The molecule has 1 amide bonds. The van der Waals surface area contributed by atoms with Crippen LogP contribution in [0.2, 0.25) is 0 Å². The monoisotopic (exact) mass is 820 g/mol. The van der Waals surface area contributed by atoms with Gasteiger partial charge in [-0.05, 0) is 79.1 Å². The van der Waals surface area contributed by atoms with Gasteiger partial charge in [-0.1, -0.05) is 33.0 Å². The molecule has 0 unspecified atom stereocenters. The maximum atomic E-state index is 12.5. The Bertz CT molecular complexity index is 1930. The number of hydrogen-bond donors (Lipinski definition) is 3. The van der Waals surface area contributed by atoms with Crippen LogP contribution in [0.15, 0.2) is 47.2 Å². The molecule has 0 atom stereocenters. The fourth-order valence-electron chi connectivity index (χ4n) is 6.21. The minimum atomic E-state index is -5.08. The Morgan fingerprint density at radius 1 is 1.08 bits per heavy atom. The standard InChI is InChI=1S/C33H40BrN8O3P.C2HF3O2/c1-5-21-18-26(31(44-2)40-30(21)41-15-12-22(13-16-41)42-14-8-9-17-45-33(42)43)38-32-36-19-24(34)29(39-32)37-27-20-35-25-11-7-6-10-23(25)28(27)46(3)4;3-2(4,5)1(6)7/h6-7,10-11,18-20,22H,5,8-9,12-17H2,1-4H3,(H2,36,37,38,39);(H,6,7). The number of nitrogens with one attached hydrogen (secondary N) is 2. The normalized spacial score (nSPS) is 15.4. The van der Waals surface area contributed by atoms with Crippen molar-refractivity contribution in [1.82, 2.24) is 24.8 Å². The van der Waals surface area contributed by atoms with Crippen molar-refractivity contribution in [2.24, 2.45) is 0 Å². The van der Waals surface area contributed by atoms with Crippen LogP contribution in [0.4, 0.5) is 46.9 Å². The van der Waals surface area contributed by atoms with Crippen molar-refractivity contribution in [3.8, 4) is 5.88 Å². The number of aliphatic carboxylic acids is 1. The van der Waals surface area contributed by atoms with E-state index in [1.54, 1.807) is 13.3 Å². The number of methoxy groups -OCH3 is 1. The highest BCUT2D eigenvalue weighted by Gasteiger charge is 2.38. The molecule has 284 valence electrons. The zero-order valence-corrected chi connectivity index (χ0v) is 32.2. The van der Waals surface area contributed by atoms with Crippen molar-refractivity contribution in [2.45, 2.75) is 51.2 Å². The molecule has 2 saturated heterocycles. The molecule has 0 aliphatic carbocycles. The summed E-state index contributed by atoms with van der Waals surface area (Å²) in [6, 6.07) is 10.5. The predicted octanol–water partition coefficient (Wildman–Crippen LogP) is 7.44. The van der Waals surface area contributed by atoms with Crippen molar-refractivity contribution >= 4 is 81.1 Å². The molecule has 3 aromatic heterocycles. The van der Waals surface area contributed by atoms with Gasteiger partial charge in [-0.15, -0.1) is 0 Å². The maximum absolute atomic E-state index is 12.5. The number of amides is 1. The van der Waals surface area contributed by atoms with E-state index in [0.29, 0.717) is 29.9 Å². The number of ether oxygens (including phenoxy) is 2. The van der Waals surface area contributed by atoms with E-state index in [0.717, 1.165) is 84.2 Å². The molecule has 6 rings (SSSR count). The number of pyridine rings is 2. The van der Waals surface area contributed by atoms with Gasteiger partial charge in [0.15, 0.2) is 0 Å². The highest BCUT2D eigenvalue weighted by atomic mass is 79.9. The van der Waals surface area contributed by atoms with E-state index < -0.39 is 20.1 Å². The quantitative estimate of drug-likeness (QED) is 0.144. The smallest absolute Gasteiger partial charge is 0.479 e. The molecule has 2 aliphatic rings. The number of rotatable bonds is 9. The summed E-state index contributed by atoms with van der Waals surface area (Å²) < 4.78 is 43.6. The number of carboxylic acid groups (broad SMARTS) is 1. The van der Waals surface area contributed by atoms with E-state index in [1.807, 2.05) is 29.3 Å². The lowest BCUT2D eigenvalue weighted by Gasteiger charge is -2.38. The molecule has 0 spiro atoms. The van der Waals surface area contributed by atoms with Crippen molar-refractivity contribution in [3.05, 3.63) is 52.8 Å². The van der Waals surface area contributed by atoms with Gasteiger partial charge in [-0.2, -0.15) is 23.1 Å². The first-order valence-corrected chi connectivity index (χ1v) is 20.0. The van der Waals surface area contributed by atoms with Gasteiger partial charge in [-0.25, -0.2) is 14.6 Å². The number of carbonyl (C=O) groups excluding carboxylic acids is 1. The first-order valence-electron chi connectivity index (χ1n) is 17.0. The Labute approximate surface area is 314 Å². The number of carbonyl (C=O) groups is 2. The molecule has 3 N–H and O–H groups in total. The minimum absolute atomic E-state index is 0.177. The molecule has 2 aliphatic heterocycles. The number of aryl methyl sites for hydroxylation is 1. The molecule has 5 heterocycles. The fraction of sp³-hybridized carbons (Fsp3) is 0.429. The lowest BCUT2D eigenvalue weighted by atomic mass is 10.0. The number of benzene rings is 1. The topological polar surface area (TPSA) is 155 Å². The Hall–Kier alpha value is -4.50. The molecule has 0 saturated carbocycles. The van der Waals surface area contributed by atoms with Crippen LogP contribution in [0.1, 0.15) is 38.2 Å². The third-order valence-corrected chi connectivity index (χ3v) is 10.7. The average Bonchev–Trinajstić information content (AvgIpc) is 3.36. The number of nitrogens with zero attached hydrogens (tertiary/aromatic N) is 6. The lowest BCUT2D eigenvalue weighted by molar-refractivity contribution is -0.192. The van der Waals surface area contributed by atoms with E-state index in [9.17, 15) is 18.0 Å². The molecule has 2 fully saturated rings. The van der Waals surface area contributed by atoms with Crippen LogP contribution >= 0.6 is 23.9 Å². The Morgan fingerprint density at radius 3 is 2.45 bits per heavy atom. The molecule has 18 heteroatoms. The molecule has 0 bridgehead atoms. The number of anilines is 5. The Balaban J connectivity index is 0.000000705. The van der Waals surface area contributed by atoms with Crippen LogP contribution in [0.3, 0.4) is 0 Å². The van der Waals surface area contributed by atoms with Gasteiger partial charge in [0.05, 0.1) is 35.6 Å². The van der Waals surface area contributed by atoms with Gasteiger partial charge < -0.3 is 35.0 Å². The zero-order chi connectivity index (χ0) is 38.3. The molecule has 4 aromatic rings. The largest absolute Gasteiger partial charge is 0.490 e. The summed E-state index contributed by atoms with van der Waals surface area (Å²) in [5.41, 5.74) is 3.69. The van der Waals surface area contributed by atoms with E-state index >= 15 is 0 Å². The van der Waals surface area contributed by atoms with Gasteiger partial charge in [0.1, 0.15) is 17.3 Å². The second-order valence-corrected chi connectivity index (χ2v) is 15.6. The number of aromatic nitrogens is 4. The average molecular weight is 822 g/mol. The van der Waals surface area contributed by atoms with Gasteiger partial charge in [0.2, 0.25) is 11.8 Å². The Morgan fingerprint density at radius 2 is 1.79 bits per heavy atom. The SMILES string of the molecule is CCc1cc(Nc2ncc(Br)c(Nc3cnc4ccccc4c3P(C)C)n2)c(OC)nc1N1CCC(N2CCCCOC2=O)CC1.O=C(O)C(F)(F)F. The van der Waals surface area contributed by atoms with Crippen LogP contribution in [-0.4, -0.2) is 101 Å². The third kappa shape index (κ3) is 9.74. The maximum Gasteiger partial charge on any atom is 0.490 e. The third-order valence-electron chi connectivity index (χ3n) is 8.76. The molecular formula is C35H41BrF3N8O5P. The van der Waals surface area contributed by atoms with Gasteiger partial charge in [0, 0.05) is 42.6 Å². The predicted molar refractivity (Wildman–Crippen MR) is 203 cm³/mol. The van der Waals surface area contributed by atoms with E-state index in [1.165, 1.54) is 5.30 Å². The van der Waals surface area contributed by atoms with Crippen molar-refractivity contribution in [3.63, 3.8) is 0 Å². The van der Waals surface area contributed by atoms with Crippen molar-refractivity contribution in [2.75, 3.05) is 62.2 Å². The summed E-state index contributed by atoms with van der Waals surface area (Å²) in [4.78, 5) is 44.6. The summed E-state index contributed by atoms with van der Waals surface area (Å²) >= 11 is 3.62. The number of hydrogen-bond acceptors (Lipinski definition) is 11.